The summed E-state index contributed by atoms with van der Waals surface area (Å²) in [6.45, 7) is 2.85. The maximum atomic E-state index is 12.2. The molecule has 1 aromatic rings. The Labute approximate surface area is 59.7 Å². The molecule has 1 aromatic heterocycles. The molecule has 0 aliphatic heterocycles. The van der Waals surface area contributed by atoms with E-state index < -0.39 is 0 Å². The molecule has 0 amide bonds. The van der Waals surface area contributed by atoms with E-state index in [1.807, 2.05) is 0 Å². The van der Waals surface area contributed by atoms with Gasteiger partial charge in [-0.2, -0.15) is 5.10 Å². The predicted molar refractivity (Wildman–Crippen MR) is 35.9 cm³/mol. The largest absolute Gasteiger partial charge is 0.260 e. The molecule has 0 fully saturated rings. The third kappa shape index (κ3) is 1.83. The fraction of sp³-hybridized carbons (Fsp3) is 0.571. The quantitative estimate of drug-likeness (QED) is 0.625. The minimum Gasteiger partial charge on any atom is -0.260 e. The van der Waals surface area contributed by atoms with Gasteiger partial charge in [0.2, 0.25) is 0 Å². The summed E-state index contributed by atoms with van der Waals surface area (Å²) in [4.78, 5) is 0. The highest BCUT2D eigenvalue weighted by Gasteiger charge is 1.95. The van der Waals surface area contributed by atoms with Crippen molar-refractivity contribution in [3.05, 3.63) is 18.2 Å². The van der Waals surface area contributed by atoms with Crippen molar-refractivity contribution >= 4 is 0 Å². The van der Waals surface area contributed by atoms with E-state index in [2.05, 4.69) is 18.2 Å². The first-order chi connectivity index (χ1) is 4.83. The second-order valence-corrected chi connectivity index (χ2v) is 2.18. The van der Waals surface area contributed by atoms with Crippen LogP contribution in [0.5, 0.6) is 0 Å². The monoisotopic (exact) mass is 141 g/mol. The van der Waals surface area contributed by atoms with Gasteiger partial charge in [-0.1, -0.05) is 13.3 Å². The molecule has 0 spiro atoms. The highest BCUT2D eigenvalue weighted by Crippen LogP contribution is 1.95. The minimum atomic E-state index is -0.379. The van der Waals surface area contributed by atoms with E-state index in [-0.39, 0.29) is 5.82 Å². The lowest BCUT2D eigenvalue weighted by Crippen LogP contribution is -1.97. The lowest BCUT2D eigenvalue weighted by atomic mass is 10.3. The van der Waals surface area contributed by atoms with Gasteiger partial charge in [0.05, 0.1) is 6.20 Å². The van der Waals surface area contributed by atoms with Crippen molar-refractivity contribution in [3.63, 3.8) is 0 Å². The maximum Gasteiger partial charge on any atom is 0.170 e. The van der Waals surface area contributed by atoms with Crippen molar-refractivity contribution in [1.82, 2.24) is 9.78 Å². The van der Waals surface area contributed by atoms with Crippen LogP contribution in [-0.4, -0.2) is 9.78 Å². The third-order valence-corrected chi connectivity index (χ3v) is 1.27. The van der Waals surface area contributed by atoms with E-state index in [4.69, 9.17) is 0 Å². The van der Waals surface area contributed by atoms with Crippen LogP contribution in [-0.2, 0) is 6.54 Å². The molecule has 0 bridgehead atoms. The number of unbranched alkanes of at least 4 members (excludes halogenated alkanes) is 1. The van der Waals surface area contributed by atoms with Crippen LogP contribution < -0.4 is 0 Å². The van der Waals surface area contributed by atoms with Crippen molar-refractivity contribution in [2.45, 2.75) is 26.3 Å². The van der Waals surface area contributed by atoms with Crippen LogP contribution in [0.4, 0.5) is 4.39 Å². The fourth-order valence-corrected chi connectivity index (χ4v) is 0.723. The van der Waals surface area contributed by atoms with Crippen LogP contribution in [0, 0.1) is 12.0 Å². The summed E-state index contributed by atoms with van der Waals surface area (Å²) in [7, 11) is 0. The van der Waals surface area contributed by atoms with E-state index >= 15 is 0 Å². The van der Waals surface area contributed by atoms with Crippen LogP contribution >= 0.6 is 0 Å². The van der Waals surface area contributed by atoms with Crippen molar-refractivity contribution < 1.29 is 4.39 Å². The number of halogens is 1. The van der Waals surface area contributed by atoms with Gasteiger partial charge in [0.1, 0.15) is 6.20 Å². The zero-order valence-electron chi connectivity index (χ0n) is 5.97. The first-order valence-corrected chi connectivity index (χ1v) is 3.43. The Kier molecular flexibility index (Phi) is 2.42. The summed E-state index contributed by atoms with van der Waals surface area (Å²) >= 11 is 0. The SMILES string of the molecule is CCCCn1[c]c(F)cn1. The number of hydrogen-bond acceptors (Lipinski definition) is 1. The average Bonchev–Trinajstić information content (AvgIpc) is 2.31. The molecule has 1 radical (unpaired) electrons. The van der Waals surface area contributed by atoms with Gasteiger partial charge in [-0.05, 0) is 6.42 Å². The molecule has 0 saturated heterocycles. The predicted octanol–water partition coefficient (Wildman–Crippen LogP) is 1.62. The normalized spacial score (nSPS) is 10.2. The molecular formula is C7H10FN2. The Balaban J connectivity index is 2.42. The van der Waals surface area contributed by atoms with Crippen LogP contribution in [0.1, 0.15) is 19.8 Å². The Morgan fingerprint density at radius 3 is 3.10 bits per heavy atom. The van der Waals surface area contributed by atoms with Gasteiger partial charge in [0.25, 0.3) is 0 Å². The molecule has 1 heterocycles. The van der Waals surface area contributed by atoms with Gasteiger partial charge in [-0.3, -0.25) is 4.68 Å². The number of rotatable bonds is 3. The van der Waals surface area contributed by atoms with Gasteiger partial charge in [-0.15, -0.1) is 0 Å². The smallest absolute Gasteiger partial charge is 0.170 e. The summed E-state index contributed by atoms with van der Waals surface area (Å²) in [5, 5.41) is 3.74. The summed E-state index contributed by atoms with van der Waals surface area (Å²) in [5.74, 6) is -0.379. The molecule has 0 aliphatic carbocycles. The second-order valence-electron chi connectivity index (χ2n) is 2.18. The summed E-state index contributed by atoms with van der Waals surface area (Å²) in [5.41, 5.74) is 0. The van der Waals surface area contributed by atoms with Crippen LogP contribution in [0.3, 0.4) is 0 Å². The van der Waals surface area contributed by atoms with Crippen molar-refractivity contribution in [3.8, 4) is 0 Å². The van der Waals surface area contributed by atoms with Gasteiger partial charge < -0.3 is 0 Å². The highest BCUT2D eigenvalue weighted by atomic mass is 19.1. The number of aromatic nitrogens is 2. The summed E-state index contributed by atoms with van der Waals surface area (Å²) < 4.78 is 13.7. The van der Waals surface area contributed by atoms with Crippen LogP contribution in [0.15, 0.2) is 6.20 Å². The van der Waals surface area contributed by atoms with Crippen LogP contribution in [0.2, 0.25) is 0 Å². The molecule has 0 aromatic carbocycles. The molecule has 0 saturated carbocycles. The zero-order chi connectivity index (χ0) is 7.40. The zero-order valence-corrected chi connectivity index (χ0v) is 5.97. The Bertz CT molecular complexity index is 195. The molecule has 55 valence electrons. The fourth-order valence-electron chi connectivity index (χ4n) is 0.723. The molecule has 10 heavy (non-hydrogen) atoms. The van der Waals surface area contributed by atoms with E-state index in [0.717, 1.165) is 19.4 Å². The average molecular weight is 141 g/mol. The first-order valence-electron chi connectivity index (χ1n) is 3.43. The van der Waals surface area contributed by atoms with Crippen molar-refractivity contribution in [2.75, 3.05) is 0 Å². The van der Waals surface area contributed by atoms with E-state index in [9.17, 15) is 4.39 Å². The molecular weight excluding hydrogens is 131 g/mol. The summed E-state index contributed by atoms with van der Waals surface area (Å²) in [6, 6.07) is 0. The maximum absolute atomic E-state index is 12.2. The number of nitrogens with zero attached hydrogens (tertiary/aromatic N) is 2. The Morgan fingerprint density at radius 2 is 2.60 bits per heavy atom. The Hall–Kier alpha value is -0.860. The number of hydrogen-bond donors (Lipinski definition) is 0. The number of aryl methyl sites for hydroxylation is 1. The van der Waals surface area contributed by atoms with Gasteiger partial charge in [0, 0.05) is 6.54 Å². The highest BCUT2D eigenvalue weighted by molar-refractivity contribution is 4.80. The van der Waals surface area contributed by atoms with Crippen molar-refractivity contribution in [1.29, 1.82) is 0 Å². The lowest BCUT2D eigenvalue weighted by molar-refractivity contribution is 0.559. The molecule has 2 nitrogen and oxygen atoms in total. The van der Waals surface area contributed by atoms with Gasteiger partial charge in [0.15, 0.2) is 5.82 Å². The first kappa shape index (κ1) is 7.25. The molecule has 0 unspecified atom stereocenters. The molecule has 1 rings (SSSR count). The lowest BCUT2D eigenvalue weighted by Gasteiger charge is -1.95. The van der Waals surface area contributed by atoms with E-state index in [1.165, 1.54) is 10.9 Å². The minimum absolute atomic E-state index is 0.379. The molecule has 3 heteroatoms. The van der Waals surface area contributed by atoms with E-state index in [0.29, 0.717) is 0 Å². The second kappa shape index (κ2) is 3.34. The van der Waals surface area contributed by atoms with Crippen LogP contribution in [0.25, 0.3) is 0 Å². The molecule has 0 atom stereocenters. The Morgan fingerprint density at radius 1 is 1.80 bits per heavy atom. The topological polar surface area (TPSA) is 17.8 Å². The van der Waals surface area contributed by atoms with Gasteiger partial charge >= 0.3 is 0 Å². The standard InChI is InChI=1S/C7H10FN2/c1-2-3-4-10-6-7(8)5-9-10/h5H,2-4H2,1H3. The molecule has 0 aliphatic rings. The van der Waals surface area contributed by atoms with Crippen molar-refractivity contribution in [2.24, 2.45) is 0 Å². The molecule has 0 N–H and O–H groups in total. The van der Waals surface area contributed by atoms with Gasteiger partial charge in [-0.25, -0.2) is 4.39 Å². The third-order valence-electron chi connectivity index (χ3n) is 1.27. The summed E-state index contributed by atoms with van der Waals surface area (Å²) in [6.07, 6.45) is 5.74. The van der Waals surface area contributed by atoms with E-state index in [1.54, 1.807) is 0 Å².